The number of likely N-dealkylation sites (tertiary alicyclic amines) is 1. The van der Waals surface area contributed by atoms with Crippen LogP contribution in [-0.2, 0) is 6.54 Å². The van der Waals surface area contributed by atoms with Crippen LogP contribution in [-0.4, -0.2) is 47.3 Å². The molecule has 1 fully saturated rings. The number of aliphatic hydroxyl groups is 1. The molecule has 0 bridgehead atoms. The van der Waals surface area contributed by atoms with Crippen molar-refractivity contribution >= 4 is 6.03 Å². The number of amides is 2. The van der Waals surface area contributed by atoms with Crippen LogP contribution in [0.25, 0.3) is 0 Å². The first-order valence-electron chi connectivity index (χ1n) is 7.60. The monoisotopic (exact) mass is 307 g/mol. The minimum absolute atomic E-state index is 0.0874. The van der Waals surface area contributed by atoms with E-state index in [0.717, 1.165) is 0 Å². The molecule has 1 saturated heterocycles. The highest BCUT2D eigenvalue weighted by molar-refractivity contribution is 5.74. The number of carbonyl (C=O) groups is 1. The number of nitrogens with one attached hydrogen (secondary N) is 1. The summed E-state index contributed by atoms with van der Waals surface area (Å²) in [5.41, 5.74) is 0.614. The number of pyridine rings is 1. The lowest BCUT2D eigenvalue weighted by molar-refractivity contribution is 0.121. The third-order valence-electron chi connectivity index (χ3n) is 3.90. The van der Waals surface area contributed by atoms with Crippen molar-refractivity contribution in [2.75, 3.05) is 20.2 Å². The summed E-state index contributed by atoms with van der Waals surface area (Å²) >= 11 is 0. The third-order valence-corrected chi connectivity index (χ3v) is 3.90. The maximum atomic E-state index is 12.4. The van der Waals surface area contributed by atoms with Crippen molar-refractivity contribution < 1.29 is 14.6 Å². The molecule has 0 aromatic carbocycles. The predicted octanol–water partition coefficient (Wildman–Crippen LogP) is 1.78. The van der Waals surface area contributed by atoms with Gasteiger partial charge in [0.1, 0.15) is 11.4 Å². The van der Waals surface area contributed by atoms with Crippen molar-refractivity contribution in [2.45, 2.75) is 39.3 Å². The molecule has 1 aliphatic rings. The molecule has 2 amide bonds. The summed E-state index contributed by atoms with van der Waals surface area (Å²) in [6.45, 7) is 5.67. The number of carbonyl (C=O) groups excluding carboxylic acids is 1. The average Bonchev–Trinajstić information content (AvgIpc) is 2.62. The lowest BCUT2D eigenvalue weighted by Crippen LogP contribution is -2.43. The fraction of sp³-hybridized carbons (Fsp3) is 0.625. The molecule has 1 aromatic rings. The quantitative estimate of drug-likeness (QED) is 0.892. The normalized spacial score (nSPS) is 21.1. The zero-order chi connectivity index (χ0) is 16.2. The summed E-state index contributed by atoms with van der Waals surface area (Å²) in [5, 5.41) is 12.8. The topological polar surface area (TPSA) is 74.7 Å². The van der Waals surface area contributed by atoms with Gasteiger partial charge in [0.05, 0.1) is 19.8 Å². The van der Waals surface area contributed by atoms with Crippen molar-refractivity contribution in [3.8, 4) is 5.75 Å². The molecule has 22 heavy (non-hydrogen) atoms. The van der Waals surface area contributed by atoms with Gasteiger partial charge in [0.15, 0.2) is 0 Å². The number of nitrogens with zero attached hydrogens (tertiary/aromatic N) is 2. The van der Waals surface area contributed by atoms with Crippen molar-refractivity contribution in [2.24, 2.45) is 5.41 Å². The molecule has 0 spiro atoms. The Balaban J connectivity index is 1.97. The molecule has 1 atom stereocenters. The number of ether oxygens (including phenoxy) is 1. The van der Waals surface area contributed by atoms with Gasteiger partial charge in [0, 0.05) is 19.3 Å². The van der Waals surface area contributed by atoms with Crippen LogP contribution in [0, 0.1) is 5.41 Å². The van der Waals surface area contributed by atoms with E-state index in [1.54, 1.807) is 24.3 Å². The van der Waals surface area contributed by atoms with Crippen LogP contribution in [0.5, 0.6) is 5.75 Å². The number of aromatic nitrogens is 1. The number of hydrogen-bond acceptors (Lipinski definition) is 4. The average molecular weight is 307 g/mol. The summed E-state index contributed by atoms with van der Waals surface area (Å²) in [7, 11) is 1.58. The van der Waals surface area contributed by atoms with Crippen LogP contribution in [0.3, 0.4) is 0 Å². The largest absolute Gasteiger partial charge is 0.495 e. The fourth-order valence-electron chi connectivity index (χ4n) is 2.89. The first-order chi connectivity index (χ1) is 10.4. The fourth-order valence-corrected chi connectivity index (χ4v) is 2.89. The highest BCUT2D eigenvalue weighted by Gasteiger charge is 2.31. The predicted molar refractivity (Wildman–Crippen MR) is 83.6 cm³/mol. The molecule has 0 saturated carbocycles. The van der Waals surface area contributed by atoms with Crippen LogP contribution >= 0.6 is 0 Å². The van der Waals surface area contributed by atoms with Crippen LogP contribution in [0.2, 0.25) is 0 Å². The standard InChI is InChI=1S/C16H25N3O3/c1-16(2)9-12(20)6-8-19(11-16)15(21)18-10-13-14(22-3)5-4-7-17-13/h4-5,7,12,20H,6,8-11H2,1-3H3,(H,18,21). The van der Waals surface area contributed by atoms with Gasteiger partial charge in [-0.2, -0.15) is 0 Å². The van der Waals surface area contributed by atoms with Gasteiger partial charge in [0.25, 0.3) is 0 Å². The number of urea groups is 1. The summed E-state index contributed by atoms with van der Waals surface area (Å²) in [5.74, 6) is 0.661. The molecule has 6 heteroatoms. The van der Waals surface area contributed by atoms with Crippen molar-refractivity contribution in [3.05, 3.63) is 24.0 Å². The number of rotatable bonds is 3. The Bertz CT molecular complexity index is 519. The molecule has 1 aliphatic heterocycles. The molecule has 0 aliphatic carbocycles. The van der Waals surface area contributed by atoms with E-state index in [-0.39, 0.29) is 17.6 Å². The van der Waals surface area contributed by atoms with Gasteiger partial charge in [-0.25, -0.2) is 4.79 Å². The van der Waals surface area contributed by atoms with Crippen molar-refractivity contribution in [1.29, 1.82) is 0 Å². The molecular weight excluding hydrogens is 282 g/mol. The minimum atomic E-state index is -0.344. The highest BCUT2D eigenvalue weighted by Crippen LogP contribution is 2.28. The Morgan fingerprint density at radius 3 is 3.09 bits per heavy atom. The summed E-state index contributed by atoms with van der Waals surface area (Å²) in [6.07, 6.45) is 2.66. The molecular formula is C16H25N3O3. The molecule has 6 nitrogen and oxygen atoms in total. The minimum Gasteiger partial charge on any atom is -0.495 e. The molecule has 2 N–H and O–H groups in total. The summed E-state index contributed by atoms with van der Waals surface area (Å²) in [4.78, 5) is 18.4. The Labute approximate surface area is 131 Å². The van der Waals surface area contributed by atoms with E-state index in [9.17, 15) is 9.90 Å². The Kier molecular flexibility index (Phi) is 5.24. The Hall–Kier alpha value is -1.82. The smallest absolute Gasteiger partial charge is 0.317 e. The van der Waals surface area contributed by atoms with Crippen LogP contribution < -0.4 is 10.1 Å². The van der Waals surface area contributed by atoms with Crippen molar-refractivity contribution in [3.63, 3.8) is 0 Å². The first-order valence-corrected chi connectivity index (χ1v) is 7.60. The Morgan fingerprint density at radius 1 is 1.59 bits per heavy atom. The van der Waals surface area contributed by atoms with Crippen LogP contribution in [0.4, 0.5) is 4.79 Å². The molecule has 0 radical (unpaired) electrons. The molecule has 1 aromatic heterocycles. The van der Waals surface area contributed by atoms with Gasteiger partial charge < -0.3 is 20.1 Å². The number of methoxy groups -OCH3 is 1. The van der Waals surface area contributed by atoms with Gasteiger partial charge in [-0.05, 0) is 30.4 Å². The SMILES string of the molecule is COc1cccnc1CNC(=O)N1CCC(O)CC(C)(C)C1. The lowest BCUT2D eigenvalue weighted by Gasteiger charge is -2.29. The molecule has 1 unspecified atom stereocenters. The van der Waals surface area contributed by atoms with E-state index in [1.807, 2.05) is 6.07 Å². The van der Waals surface area contributed by atoms with Gasteiger partial charge in [-0.15, -0.1) is 0 Å². The Morgan fingerprint density at radius 2 is 2.36 bits per heavy atom. The zero-order valence-electron chi connectivity index (χ0n) is 13.5. The van der Waals surface area contributed by atoms with Gasteiger partial charge in [-0.3, -0.25) is 4.98 Å². The highest BCUT2D eigenvalue weighted by atomic mass is 16.5. The van der Waals surface area contributed by atoms with E-state index in [0.29, 0.717) is 43.9 Å². The summed E-state index contributed by atoms with van der Waals surface area (Å²) in [6, 6.07) is 3.48. The molecule has 2 rings (SSSR count). The van der Waals surface area contributed by atoms with Crippen LogP contribution in [0.1, 0.15) is 32.4 Å². The van der Waals surface area contributed by atoms with E-state index >= 15 is 0 Å². The van der Waals surface area contributed by atoms with E-state index in [1.165, 1.54) is 0 Å². The maximum absolute atomic E-state index is 12.4. The zero-order valence-corrected chi connectivity index (χ0v) is 13.5. The maximum Gasteiger partial charge on any atom is 0.317 e. The second-order valence-corrected chi connectivity index (χ2v) is 6.54. The van der Waals surface area contributed by atoms with E-state index in [4.69, 9.17) is 4.74 Å². The van der Waals surface area contributed by atoms with E-state index in [2.05, 4.69) is 24.1 Å². The lowest BCUT2D eigenvalue weighted by atomic mass is 9.87. The number of aliphatic hydroxyl groups excluding tert-OH is 1. The first kappa shape index (κ1) is 16.5. The second-order valence-electron chi connectivity index (χ2n) is 6.54. The van der Waals surface area contributed by atoms with Gasteiger partial charge in [-0.1, -0.05) is 13.8 Å². The summed E-state index contributed by atoms with van der Waals surface area (Å²) < 4.78 is 5.23. The van der Waals surface area contributed by atoms with Crippen LogP contribution in [0.15, 0.2) is 18.3 Å². The molecule has 122 valence electrons. The van der Waals surface area contributed by atoms with Crippen molar-refractivity contribution in [1.82, 2.24) is 15.2 Å². The van der Waals surface area contributed by atoms with Gasteiger partial charge in [0.2, 0.25) is 0 Å². The van der Waals surface area contributed by atoms with Gasteiger partial charge >= 0.3 is 6.03 Å². The number of hydrogen-bond donors (Lipinski definition) is 2. The third kappa shape index (κ3) is 4.34. The second kappa shape index (κ2) is 6.96. The molecule has 2 heterocycles. The van der Waals surface area contributed by atoms with E-state index < -0.39 is 0 Å².